The average molecular weight is 282 g/mol. The summed E-state index contributed by atoms with van der Waals surface area (Å²) < 4.78 is 10.2. The Morgan fingerprint density at radius 2 is 1.25 bits per heavy atom. The van der Waals surface area contributed by atoms with Crippen molar-refractivity contribution in [1.29, 1.82) is 0 Å². The minimum atomic E-state index is -0.909. The van der Waals surface area contributed by atoms with E-state index >= 15 is 0 Å². The van der Waals surface area contributed by atoms with Gasteiger partial charge >= 0.3 is 11.9 Å². The molecule has 1 atom stereocenters. The van der Waals surface area contributed by atoms with Gasteiger partial charge in [-0.15, -0.1) is 0 Å². The molecule has 20 heavy (non-hydrogen) atoms. The molecule has 0 bridgehead atoms. The molecule has 1 unspecified atom stereocenters. The zero-order valence-electron chi connectivity index (χ0n) is 13.2. The topological polar surface area (TPSA) is 52.6 Å². The van der Waals surface area contributed by atoms with E-state index in [-0.39, 0.29) is 25.0 Å². The Kier molecular flexibility index (Phi) is 7.89. The summed E-state index contributed by atoms with van der Waals surface area (Å²) in [7, 11) is 0. The third-order valence-electron chi connectivity index (χ3n) is 3.01. The fourth-order valence-corrected chi connectivity index (χ4v) is 1.48. The SMILES string of the molecule is C=C(C)COC(=O)C(C(=O)OCC(=C)C)C(C)C(C)C. The van der Waals surface area contributed by atoms with Crippen molar-refractivity contribution in [1.82, 2.24) is 0 Å². The molecule has 0 radical (unpaired) electrons. The standard InChI is InChI=1S/C16H26O4/c1-10(2)8-19-15(17)14(13(7)12(5)6)16(18)20-9-11(3)4/h12-14H,1,3,8-9H2,2,4-7H3. The molecule has 0 amide bonds. The predicted octanol–water partition coefficient (Wildman–Crippen LogP) is 3.13. The van der Waals surface area contributed by atoms with Gasteiger partial charge in [-0.3, -0.25) is 9.59 Å². The van der Waals surface area contributed by atoms with E-state index in [0.717, 1.165) is 11.1 Å². The van der Waals surface area contributed by atoms with Crippen LogP contribution < -0.4 is 0 Å². The maximum atomic E-state index is 12.1. The summed E-state index contributed by atoms with van der Waals surface area (Å²) in [6.45, 7) is 16.8. The molecule has 0 saturated carbocycles. The number of rotatable bonds is 8. The summed E-state index contributed by atoms with van der Waals surface area (Å²) in [6.07, 6.45) is 0. The van der Waals surface area contributed by atoms with Crippen molar-refractivity contribution in [2.45, 2.75) is 34.6 Å². The molecule has 0 saturated heterocycles. The number of carbonyl (C=O) groups excluding carboxylic acids is 2. The highest BCUT2D eigenvalue weighted by Gasteiger charge is 2.36. The van der Waals surface area contributed by atoms with Gasteiger partial charge in [0.25, 0.3) is 0 Å². The molecule has 0 aromatic carbocycles. The summed E-state index contributed by atoms with van der Waals surface area (Å²) in [5.41, 5.74) is 1.45. The number of esters is 2. The second-order valence-corrected chi connectivity index (χ2v) is 5.71. The van der Waals surface area contributed by atoms with Crippen LogP contribution in [0.2, 0.25) is 0 Å². The van der Waals surface area contributed by atoms with Crippen LogP contribution in [0.15, 0.2) is 24.3 Å². The fraction of sp³-hybridized carbons (Fsp3) is 0.625. The minimum Gasteiger partial charge on any atom is -0.461 e. The third kappa shape index (κ3) is 6.55. The maximum Gasteiger partial charge on any atom is 0.320 e. The van der Waals surface area contributed by atoms with Gasteiger partial charge in [0.1, 0.15) is 13.2 Å². The molecule has 114 valence electrons. The number of carbonyl (C=O) groups is 2. The summed E-state index contributed by atoms with van der Waals surface area (Å²) in [5, 5.41) is 0. The van der Waals surface area contributed by atoms with Crippen LogP contribution in [0.3, 0.4) is 0 Å². The molecule has 0 aromatic heterocycles. The van der Waals surface area contributed by atoms with Gasteiger partial charge in [0.05, 0.1) is 0 Å². The second-order valence-electron chi connectivity index (χ2n) is 5.71. The Morgan fingerprint density at radius 1 is 0.900 bits per heavy atom. The summed E-state index contributed by atoms with van der Waals surface area (Å²) in [5.74, 6) is -2.02. The van der Waals surface area contributed by atoms with Crippen molar-refractivity contribution >= 4 is 11.9 Å². The highest BCUT2D eigenvalue weighted by molar-refractivity contribution is 5.95. The predicted molar refractivity (Wildman–Crippen MR) is 79.0 cm³/mol. The molecule has 0 aliphatic rings. The molecular formula is C16H26O4. The lowest BCUT2D eigenvalue weighted by atomic mass is 9.85. The van der Waals surface area contributed by atoms with Crippen molar-refractivity contribution < 1.29 is 19.1 Å². The zero-order valence-corrected chi connectivity index (χ0v) is 13.2. The fourth-order valence-electron chi connectivity index (χ4n) is 1.48. The minimum absolute atomic E-state index is 0.119. The number of hydrogen-bond donors (Lipinski definition) is 0. The molecule has 4 heteroatoms. The maximum absolute atomic E-state index is 12.1. The van der Waals surface area contributed by atoms with Crippen LogP contribution in [0.1, 0.15) is 34.6 Å². The van der Waals surface area contributed by atoms with Crippen molar-refractivity contribution in [3.63, 3.8) is 0 Å². The van der Waals surface area contributed by atoms with E-state index in [1.807, 2.05) is 20.8 Å². The van der Waals surface area contributed by atoms with Gasteiger partial charge < -0.3 is 9.47 Å². The molecule has 0 heterocycles. The molecule has 4 nitrogen and oxygen atoms in total. The van der Waals surface area contributed by atoms with Crippen LogP contribution in [0.5, 0.6) is 0 Å². The molecule has 0 aliphatic heterocycles. The highest BCUT2D eigenvalue weighted by atomic mass is 16.6. The highest BCUT2D eigenvalue weighted by Crippen LogP contribution is 2.23. The summed E-state index contributed by atoms with van der Waals surface area (Å²) in [4.78, 5) is 24.2. The van der Waals surface area contributed by atoms with Gasteiger partial charge in [0.2, 0.25) is 0 Å². The van der Waals surface area contributed by atoms with Gasteiger partial charge in [0.15, 0.2) is 5.92 Å². The van der Waals surface area contributed by atoms with Gasteiger partial charge in [0, 0.05) is 0 Å². The molecular weight excluding hydrogens is 256 g/mol. The van der Waals surface area contributed by atoms with E-state index in [1.54, 1.807) is 13.8 Å². The van der Waals surface area contributed by atoms with Crippen molar-refractivity contribution in [2.75, 3.05) is 13.2 Å². The lowest BCUT2D eigenvalue weighted by Crippen LogP contribution is -2.35. The Bertz CT molecular complexity index is 352. The Morgan fingerprint density at radius 3 is 1.50 bits per heavy atom. The van der Waals surface area contributed by atoms with E-state index in [2.05, 4.69) is 13.2 Å². The van der Waals surface area contributed by atoms with Crippen LogP contribution in [0, 0.1) is 17.8 Å². The van der Waals surface area contributed by atoms with E-state index in [0.29, 0.717) is 0 Å². The van der Waals surface area contributed by atoms with Crippen LogP contribution in [-0.4, -0.2) is 25.2 Å². The average Bonchev–Trinajstić information content (AvgIpc) is 2.33. The van der Waals surface area contributed by atoms with Gasteiger partial charge in [-0.05, 0) is 36.8 Å². The monoisotopic (exact) mass is 282 g/mol. The van der Waals surface area contributed by atoms with Crippen molar-refractivity contribution in [3.05, 3.63) is 24.3 Å². The lowest BCUT2D eigenvalue weighted by molar-refractivity contribution is -0.164. The first-order chi connectivity index (χ1) is 9.16. The van der Waals surface area contributed by atoms with E-state index < -0.39 is 17.9 Å². The Hall–Kier alpha value is -1.58. The molecule has 0 aliphatic carbocycles. The normalized spacial score (nSPS) is 12.2. The summed E-state index contributed by atoms with van der Waals surface area (Å²) >= 11 is 0. The first kappa shape index (κ1) is 18.4. The van der Waals surface area contributed by atoms with Crippen LogP contribution in [0.25, 0.3) is 0 Å². The van der Waals surface area contributed by atoms with Crippen LogP contribution in [-0.2, 0) is 19.1 Å². The third-order valence-corrected chi connectivity index (χ3v) is 3.01. The van der Waals surface area contributed by atoms with Crippen molar-refractivity contribution in [3.8, 4) is 0 Å². The first-order valence-corrected chi connectivity index (χ1v) is 6.78. The Labute approximate surface area is 121 Å². The lowest BCUT2D eigenvalue weighted by Gasteiger charge is -2.24. The van der Waals surface area contributed by atoms with Crippen molar-refractivity contribution in [2.24, 2.45) is 17.8 Å². The number of ether oxygens (including phenoxy) is 2. The summed E-state index contributed by atoms with van der Waals surface area (Å²) in [6, 6.07) is 0. The van der Waals surface area contributed by atoms with Gasteiger partial charge in [-0.2, -0.15) is 0 Å². The molecule has 0 fully saturated rings. The smallest absolute Gasteiger partial charge is 0.320 e. The second kappa shape index (κ2) is 8.56. The largest absolute Gasteiger partial charge is 0.461 e. The van der Waals surface area contributed by atoms with Crippen LogP contribution >= 0.6 is 0 Å². The van der Waals surface area contributed by atoms with E-state index in [4.69, 9.17) is 9.47 Å². The van der Waals surface area contributed by atoms with Gasteiger partial charge in [-0.1, -0.05) is 33.9 Å². The zero-order chi connectivity index (χ0) is 15.9. The van der Waals surface area contributed by atoms with Gasteiger partial charge in [-0.25, -0.2) is 0 Å². The van der Waals surface area contributed by atoms with E-state index in [1.165, 1.54) is 0 Å². The number of hydrogen-bond acceptors (Lipinski definition) is 4. The molecule has 0 rings (SSSR count). The molecule has 0 N–H and O–H groups in total. The first-order valence-electron chi connectivity index (χ1n) is 6.78. The van der Waals surface area contributed by atoms with E-state index in [9.17, 15) is 9.59 Å². The molecule has 0 spiro atoms. The Balaban J connectivity index is 4.88. The quantitative estimate of drug-likeness (QED) is 0.390. The van der Waals surface area contributed by atoms with Crippen LogP contribution in [0.4, 0.5) is 0 Å². The molecule has 0 aromatic rings.